The quantitative estimate of drug-likeness (QED) is 0.172. The van der Waals surface area contributed by atoms with Crippen molar-refractivity contribution < 1.29 is 35.1 Å². The number of ether oxygens (including phenoxy) is 1. The molecule has 5 N–H and O–H groups in total. The summed E-state index contributed by atoms with van der Waals surface area (Å²) in [5.74, 6) is -0.763. The molecule has 7 heteroatoms. The fraction of sp³-hybridized carbons (Fsp3) is 0.875. The maximum Gasteiger partial charge on any atom is 0.202 e. The van der Waals surface area contributed by atoms with Gasteiger partial charge in [0.1, 0.15) is 18.3 Å². The number of hydrogen-bond acceptors (Lipinski definition) is 7. The molecule has 0 unspecified atom stereocenters. The topological polar surface area (TPSA) is 127 Å². The highest BCUT2D eigenvalue weighted by atomic mass is 16.6. The molecule has 1 aliphatic rings. The number of carbonyl (C=O) groups excluding carboxylic acids is 1. The first kappa shape index (κ1) is 28.2. The van der Waals surface area contributed by atoms with Crippen LogP contribution in [0.2, 0.25) is 0 Å². The van der Waals surface area contributed by atoms with Gasteiger partial charge in [-0.1, -0.05) is 70.4 Å². The zero-order valence-corrected chi connectivity index (χ0v) is 19.1. The molecule has 0 radical (unpaired) electrons. The lowest BCUT2D eigenvalue weighted by Crippen LogP contribution is -2.69. The van der Waals surface area contributed by atoms with Crippen molar-refractivity contribution in [3.63, 3.8) is 0 Å². The predicted molar refractivity (Wildman–Crippen MR) is 119 cm³/mol. The predicted octanol–water partition coefficient (Wildman–Crippen LogP) is 2.76. The van der Waals surface area contributed by atoms with Crippen molar-refractivity contribution >= 4 is 5.78 Å². The number of ketones is 1. The van der Waals surface area contributed by atoms with Gasteiger partial charge in [-0.3, -0.25) is 4.79 Å². The third-order valence-electron chi connectivity index (χ3n) is 6.13. The zero-order chi connectivity index (χ0) is 23.1. The Morgan fingerprint density at radius 1 is 0.871 bits per heavy atom. The normalized spacial score (nSPS) is 29.0. The average Bonchev–Trinajstić information content (AvgIpc) is 2.77. The molecule has 1 aliphatic heterocycles. The lowest BCUT2D eigenvalue weighted by molar-refractivity contribution is -0.317. The van der Waals surface area contributed by atoms with Crippen LogP contribution in [0.15, 0.2) is 12.2 Å². The molecule has 182 valence electrons. The lowest BCUT2D eigenvalue weighted by Gasteiger charge is -2.44. The molecule has 1 fully saturated rings. The molecule has 5 atom stereocenters. The molecule has 0 saturated carbocycles. The van der Waals surface area contributed by atoms with Crippen molar-refractivity contribution in [3.05, 3.63) is 12.2 Å². The number of aliphatic hydroxyl groups excluding tert-OH is 4. The number of carbonyl (C=O) groups is 1. The number of aliphatic hydroxyl groups is 5. The summed E-state index contributed by atoms with van der Waals surface area (Å²) in [6.07, 6.45) is 12.3. The van der Waals surface area contributed by atoms with Gasteiger partial charge in [0.05, 0.1) is 6.61 Å². The highest BCUT2D eigenvalue weighted by Gasteiger charge is 2.58. The maximum atomic E-state index is 12.4. The summed E-state index contributed by atoms with van der Waals surface area (Å²) < 4.78 is 4.90. The molecule has 0 bridgehead atoms. The summed E-state index contributed by atoms with van der Waals surface area (Å²) in [6.45, 7) is 1.59. The summed E-state index contributed by atoms with van der Waals surface area (Å²) in [5.41, 5.74) is -2.58. The summed E-state index contributed by atoms with van der Waals surface area (Å²) >= 11 is 0. The molecule has 0 aromatic carbocycles. The molecule has 0 amide bonds. The van der Waals surface area contributed by atoms with Crippen LogP contribution < -0.4 is 0 Å². The highest BCUT2D eigenvalue weighted by molar-refractivity contribution is 5.88. The van der Waals surface area contributed by atoms with E-state index in [1.807, 2.05) is 0 Å². The van der Waals surface area contributed by atoms with Crippen LogP contribution in [0.3, 0.4) is 0 Å². The monoisotopic (exact) mass is 444 g/mol. The molecule has 1 rings (SSSR count). The van der Waals surface area contributed by atoms with Gasteiger partial charge in [0.15, 0.2) is 12.1 Å². The minimum Gasteiger partial charge on any atom is -0.394 e. The highest BCUT2D eigenvalue weighted by Crippen LogP contribution is 2.31. The molecule has 0 aromatic rings. The smallest absolute Gasteiger partial charge is 0.202 e. The molecule has 7 nitrogen and oxygen atoms in total. The summed E-state index contributed by atoms with van der Waals surface area (Å²) in [7, 11) is 0. The Morgan fingerprint density at radius 2 is 1.39 bits per heavy atom. The summed E-state index contributed by atoms with van der Waals surface area (Å²) in [4.78, 5) is 12.4. The van der Waals surface area contributed by atoms with Crippen LogP contribution in [0.1, 0.15) is 96.8 Å². The van der Waals surface area contributed by atoms with E-state index in [9.17, 15) is 25.2 Å². The lowest BCUT2D eigenvalue weighted by atomic mass is 9.81. The Labute approximate surface area is 187 Å². The largest absolute Gasteiger partial charge is 0.394 e. The fourth-order valence-electron chi connectivity index (χ4n) is 3.97. The Hall–Kier alpha value is -0.830. The van der Waals surface area contributed by atoms with Gasteiger partial charge in [-0.05, 0) is 32.1 Å². The van der Waals surface area contributed by atoms with Gasteiger partial charge < -0.3 is 30.3 Å². The first-order valence-corrected chi connectivity index (χ1v) is 12.1. The van der Waals surface area contributed by atoms with E-state index < -0.39 is 42.6 Å². The second-order valence-electron chi connectivity index (χ2n) is 8.73. The Bertz CT molecular complexity index is 510. The van der Waals surface area contributed by atoms with Gasteiger partial charge in [0.2, 0.25) is 5.60 Å². The molecule has 0 aromatic heterocycles. The summed E-state index contributed by atoms with van der Waals surface area (Å²) in [6, 6.07) is 0. The van der Waals surface area contributed by atoms with E-state index in [4.69, 9.17) is 9.84 Å². The Morgan fingerprint density at radius 3 is 1.94 bits per heavy atom. The van der Waals surface area contributed by atoms with Crippen LogP contribution in [0.25, 0.3) is 0 Å². The third kappa shape index (κ3) is 9.28. The number of rotatable bonds is 17. The Balaban J connectivity index is 2.11. The number of hydrogen-bond donors (Lipinski definition) is 5. The van der Waals surface area contributed by atoms with Crippen LogP contribution in [0, 0.1) is 0 Å². The standard InChI is InChI=1S/C24H44O7/c1-2-3-4-5-6-7-8-9-10-11-12-13-14-15-16-17-20(26)24(30)22(28)21(27)19(18-25)31-23(24)29/h9-10,19,21-23,25,27-30H,2-8,11-18H2,1H3/t19-,21-,22+,23+,24-/m1/s1. The molecule has 1 heterocycles. The van der Waals surface area contributed by atoms with Gasteiger partial charge in [-0.25, -0.2) is 0 Å². The van der Waals surface area contributed by atoms with Crippen molar-refractivity contribution in [3.8, 4) is 0 Å². The number of Topliss-reactive ketones (excluding diaryl/α,β-unsaturated/α-hetero) is 1. The number of allylic oxidation sites excluding steroid dienone is 2. The summed E-state index contributed by atoms with van der Waals surface area (Å²) in [5, 5.41) is 49.4. The van der Waals surface area contributed by atoms with E-state index in [0.717, 1.165) is 38.5 Å². The SMILES string of the molecule is CCCCCCCCC=CCCCCCCCC(=O)[C@]1(O)[C@@H](O)O[C@H](CO)[C@@H](O)[C@@H]1O. The van der Waals surface area contributed by atoms with Crippen molar-refractivity contribution in [2.24, 2.45) is 0 Å². The van der Waals surface area contributed by atoms with Crippen LogP contribution in [0.5, 0.6) is 0 Å². The van der Waals surface area contributed by atoms with Crippen molar-refractivity contribution in [2.45, 2.75) is 127 Å². The van der Waals surface area contributed by atoms with Gasteiger partial charge in [0, 0.05) is 6.42 Å². The maximum absolute atomic E-state index is 12.4. The van der Waals surface area contributed by atoms with Crippen molar-refractivity contribution in [1.29, 1.82) is 0 Å². The van der Waals surface area contributed by atoms with E-state index in [1.165, 1.54) is 38.5 Å². The van der Waals surface area contributed by atoms with Crippen LogP contribution in [-0.4, -0.2) is 68.1 Å². The molecule has 0 spiro atoms. The van der Waals surface area contributed by atoms with E-state index >= 15 is 0 Å². The van der Waals surface area contributed by atoms with Crippen molar-refractivity contribution in [1.82, 2.24) is 0 Å². The first-order valence-electron chi connectivity index (χ1n) is 12.1. The zero-order valence-electron chi connectivity index (χ0n) is 19.1. The Kier molecular flexibility index (Phi) is 14.5. The molecule has 0 aliphatic carbocycles. The number of unbranched alkanes of at least 4 members (excludes halogenated alkanes) is 11. The minimum absolute atomic E-state index is 0.0251. The van der Waals surface area contributed by atoms with Gasteiger partial charge in [-0.15, -0.1) is 0 Å². The van der Waals surface area contributed by atoms with Gasteiger partial charge >= 0.3 is 0 Å². The third-order valence-corrected chi connectivity index (χ3v) is 6.13. The van der Waals surface area contributed by atoms with Gasteiger partial charge in [-0.2, -0.15) is 0 Å². The second kappa shape index (κ2) is 15.9. The molecular weight excluding hydrogens is 400 g/mol. The first-order chi connectivity index (χ1) is 14.9. The van der Waals surface area contributed by atoms with Crippen LogP contribution >= 0.6 is 0 Å². The molecule has 31 heavy (non-hydrogen) atoms. The van der Waals surface area contributed by atoms with E-state index in [-0.39, 0.29) is 6.42 Å². The van der Waals surface area contributed by atoms with E-state index in [1.54, 1.807) is 0 Å². The van der Waals surface area contributed by atoms with Crippen LogP contribution in [0.4, 0.5) is 0 Å². The van der Waals surface area contributed by atoms with E-state index in [0.29, 0.717) is 6.42 Å². The second-order valence-corrected chi connectivity index (χ2v) is 8.73. The van der Waals surface area contributed by atoms with Crippen LogP contribution in [-0.2, 0) is 9.53 Å². The van der Waals surface area contributed by atoms with Crippen molar-refractivity contribution in [2.75, 3.05) is 6.61 Å². The molecular formula is C24H44O7. The fourth-order valence-corrected chi connectivity index (χ4v) is 3.97. The minimum atomic E-state index is -2.58. The molecule has 1 saturated heterocycles. The average molecular weight is 445 g/mol. The van der Waals surface area contributed by atoms with Gasteiger partial charge in [0.25, 0.3) is 0 Å². The van der Waals surface area contributed by atoms with E-state index in [2.05, 4.69) is 19.1 Å².